The highest BCUT2D eigenvalue weighted by molar-refractivity contribution is 5.94. The number of amides is 1. The summed E-state index contributed by atoms with van der Waals surface area (Å²) in [6, 6.07) is 7.23. The van der Waals surface area contributed by atoms with Gasteiger partial charge in [0.15, 0.2) is 5.96 Å². The molecule has 5 nitrogen and oxygen atoms in total. The van der Waals surface area contributed by atoms with Gasteiger partial charge in [0.1, 0.15) is 6.54 Å². The monoisotopic (exact) mass is 340 g/mol. The molecule has 134 valence electrons. The zero-order chi connectivity index (χ0) is 18.7. The Morgan fingerprint density at radius 1 is 1.36 bits per heavy atom. The number of guanidine groups is 1. The van der Waals surface area contributed by atoms with E-state index in [0.717, 1.165) is 24.6 Å². The SMILES string of the molecule is C#Cc1cccc(NC(=O)CN=C(NCC)N2CC(C)(C)C2(C)C)c1. The summed E-state index contributed by atoms with van der Waals surface area (Å²) in [6.07, 6.45) is 5.39. The minimum atomic E-state index is -0.165. The molecule has 0 saturated carbocycles. The lowest BCUT2D eigenvalue weighted by Gasteiger charge is -2.62. The van der Waals surface area contributed by atoms with Crippen molar-refractivity contribution in [2.24, 2.45) is 10.4 Å². The lowest BCUT2D eigenvalue weighted by atomic mass is 9.65. The van der Waals surface area contributed by atoms with Gasteiger partial charge in [-0.3, -0.25) is 4.79 Å². The van der Waals surface area contributed by atoms with Gasteiger partial charge in [-0.25, -0.2) is 4.99 Å². The van der Waals surface area contributed by atoms with Gasteiger partial charge in [0.25, 0.3) is 0 Å². The van der Waals surface area contributed by atoms with Gasteiger partial charge in [0.05, 0.1) is 0 Å². The number of nitrogens with one attached hydrogen (secondary N) is 2. The van der Waals surface area contributed by atoms with Gasteiger partial charge in [-0.05, 0) is 39.0 Å². The number of hydrogen-bond acceptors (Lipinski definition) is 2. The molecular weight excluding hydrogens is 312 g/mol. The Bertz CT molecular complexity index is 713. The van der Waals surface area contributed by atoms with Crippen LogP contribution < -0.4 is 10.6 Å². The molecule has 1 aliphatic rings. The topological polar surface area (TPSA) is 56.7 Å². The predicted octanol–water partition coefficient (Wildman–Crippen LogP) is 2.69. The lowest BCUT2D eigenvalue weighted by Crippen LogP contribution is -2.72. The van der Waals surface area contributed by atoms with E-state index in [4.69, 9.17) is 6.42 Å². The first kappa shape index (κ1) is 18.9. The molecule has 0 radical (unpaired) electrons. The summed E-state index contributed by atoms with van der Waals surface area (Å²) in [5.41, 5.74) is 1.62. The van der Waals surface area contributed by atoms with E-state index in [0.29, 0.717) is 5.69 Å². The summed E-state index contributed by atoms with van der Waals surface area (Å²) in [6.45, 7) is 12.7. The highest BCUT2D eigenvalue weighted by Gasteiger charge is 2.53. The van der Waals surface area contributed by atoms with E-state index in [-0.39, 0.29) is 23.4 Å². The quantitative estimate of drug-likeness (QED) is 0.503. The first-order valence-electron chi connectivity index (χ1n) is 8.64. The van der Waals surface area contributed by atoms with Crippen LogP contribution in [0.15, 0.2) is 29.3 Å². The second-order valence-electron chi connectivity index (χ2n) is 7.47. The van der Waals surface area contributed by atoms with Gasteiger partial charge in [-0.1, -0.05) is 25.8 Å². The van der Waals surface area contributed by atoms with Crippen LogP contribution in [0, 0.1) is 17.8 Å². The van der Waals surface area contributed by atoms with Gasteiger partial charge in [-0.2, -0.15) is 0 Å². The van der Waals surface area contributed by atoms with Crippen molar-refractivity contribution in [2.75, 3.05) is 25.0 Å². The van der Waals surface area contributed by atoms with Crippen molar-refractivity contribution >= 4 is 17.6 Å². The number of likely N-dealkylation sites (tertiary alicyclic amines) is 1. The molecule has 0 spiro atoms. The maximum Gasteiger partial charge on any atom is 0.246 e. The number of rotatable bonds is 4. The standard InChI is InChI=1S/C20H28N4O/c1-7-15-10-9-11-16(12-15)23-17(25)13-22-18(21-8-2)24-14-19(3,4)20(24,5)6/h1,9-12H,8,13-14H2,2-6H3,(H,21,22)(H,23,25). The molecule has 1 fully saturated rings. The predicted molar refractivity (Wildman–Crippen MR) is 104 cm³/mol. The van der Waals surface area contributed by atoms with Crippen LogP contribution in [-0.4, -0.2) is 41.9 Å². The highest BCUT2D eigenvalue weighted by atomic mass is 16.1. The van der Waals surface area contributed by atoms with Crippen molar-refractivity contribution in [3.8, 4) is 12.3 Å². The average Bonchev–Trinajstić information content (AvgIpc) is 2.57. The lowest BCUT2D eigenvalue weighted by molar-refractivity contribution is -0.115. The second-order valence-corrected chi connectivity index (χ2v) is 7.47. The molecular formula is C20H28N4O. The summed E-state index contributed by atoms with van der Waals surface area (Å²) >= 11 is 0. The zero-order valence-electron chi connectivity index (χ0n) is 15.8. The van der Waals surface area contributed by atoms with Gasteiger partial charge in [0.2, 0.25) is 5.91 Å². The Morgan fingerprint density at radius 3 is 2.64 bits per heavy atom. The summed E-state index contributed by atoms with van der Waals surface area (Å²) in [5, 5.41) is 6.12. The Kier molecular flexibility index (Phi) is 5.42. The maximum atomic E-state index is 12.2. The van der Waals surface area contributed by atoms with E-state index in [1.807, 2.05) is 25.1 Å². The first-order valence-corrected chi connectivity index (χ1v) is 8.64. The van der Waals surface area contributed by atoms with Crippen LogP contribution in [0.2, 0.25) is 0 Å². The Balaban J connectivity index is 2.04. The van der Waals surface area contributed by atoms with E-state index in [9.17, 15) is 4.79 Å². The fraction of sp³-hybridized carbons (Fsp3) is 0.500. The number of terminal acetylenes is 1. The van der Waals surface area contributed by atoms with Crippen LogP contribution >= 0.6 is 0 Å². The first-order chi connectivity index (χ1) is 11.7. The molecule has 1 aliphatic heterocycles. The van der Waals surface area contributed by atoms with Crippen LogP contribution in [-0.2, 0) is 4.79 Å². The van der Waals surface area contributed by atoms with Crippen molar-refractivity contribution in [1.82, 2.24) is 10.2 Å². The molecule has 5 heteroatoms. The molecule has 1 aromatic rings. The number of benzene rings is 1. The smallest absolute Gasteiger partial charge is 0.246 e. The molecule has 1 amide bonds. The summed E-state index contributed by atoms with van der Waals surface area (Å²) in [4.78, 5) is 19.0. The molecule has 0 aromatic heterocycles. The molecule has 1 heterocycles. The van der Waals surface area contributed by atoms with Crippen molar-refractivity contribution in [3.05, 3.63) is 29.8 Å². The van der Waals surface area contributed by atoms with Crippen LogP contribution in [0.3, 0.4) is 0 Å². The highest BCUT2D eigenvalue weighted by Crippen LogP contribution is 2.46. The van der Waals surface area contributed by atoms with Crippen LogP contribution in [0.4, 0.5) is 5.69 Å². The van der Waals surface area contributed by atoms with Crippen molar-refractivity contribution in [1.29, 1.82) is 0 Å². The van der Waals surface area contributed by atoms with Crippen LogP contribution in [0.1, 0.15) is 40.2 Å². The molecule has 0 atom stereocenters. The van der Waals surface area contributed by atoms with Crippen LogP contribution in [0.25, 0.3) is 0 Å². The number of carbonyl (C=O) groups is 1. The van der Waals surface area contributed by atoms with E-state index in [1.165, 1.54) is 0 Å². The number of carbonyl (C=O) groups excluding carboxylic acids is 1. The van der Waals surface area contributed by atoms with E-state index in [2.05, 4.69) is 54.1 Å². The van der Waals surface area contributed by atoms with E-state index < -0.39 is 0 Å². The van der Waals surface area contributed by atoms with Gasteiger partial charge in [0, 0.05) is 35.3 Å². The summed E-state index contributed by atoms with van der Waals surface area (Å²) < 4.78 is 0. The fourth-order valence-corrected chi connectivity index (χ4v) is 2.83. The molecule has 25 heavy (non-hydrogen) atoms. The van der Waals surface area contributed by atoms with Crippen LogP contribution in [0.5, 0.6) is 0 Å². The largest absolute Gasteiger partial charge is 0.356 e. The average molecular weight is 340 g/mol. The molecule has 0 aliphatic carbocycles. The number of aliphatic imine (C=N–C) groups is 1. The molecule has 1 saturated heterocycles. The van der Waals surface area contributed by atoms with Gasteiger partial charge < -0.3 is 15.5 Å². The Labute approximate surface area is 150 Å². The Hall–Kier alpha value is -2.48. The summed E-state index contributed by atoms with van der Waals surface area (Å²) in [7, 11) is 0. The molecule has 2 N–H and O–H groups in total. The normalized spacial score (nSPS) is 18.1. The third-order valence-corrected chi connectivity index (χ3v) is 5.16. The van der Waals surface area contributed by atoms with Crippen molar-refractivity contribution < 1.29 is 4.79 Å². The minimum absolute atomic E-state index is 0.00833. The maximum absolute atomic E-state index is 12.2. The summed E-state index contributed by atoms with van der Waals surface area (Å²) in [5.74, 6) is 3.17. The third-order valence-electron chi connectivity index (χ3n) is 5.16. The fourth-order valence-electron chi connectivity index (χ4n) is 2.83. The van der Waals surface area contributed by atoms with Gasteiger partial charge in [-0.15, -0.1) is 6.42 Å². The molecule has 2 rings (SSSR count). The number of anilines is 1. The number of hydrogen-bond donors (Lipinski definition) is 2. The van der Waals surface area contributed by atoms with E-state index >= 15 is 0 Å². The van der Waals surface area contributed by atoms with Crippen molar-refractivity contribution in [2.45, 2.75) is 40.2 Å². The minimum Gasteiger partial charge on any atom is -0.356 e. The van der Waals surface area contributed by atoms with Gasteiger partial charge >= 0.3 is 0 Å². The Morgan fingerprint density at radius 2 is 2.08 bits per heavy atom. The zero-order valence-corrected chi connectivity index (χ0v) is 15.8. The molecule has 0 bridgehead atoms. The van der Waals surface area contributed by atoms with E-state index in [1.54, 1.807) is 6.07 Å². The second kappa shape index (κ2) is 7.18. The molecule has 1 aromatic carbocycles. The third kappa shape index (κ3) is 3.96. The number of nitrogens with zero attached hydrogens (tertiary/aromatic N) is 2. The van der Waals surface area contributed by atoms with Crippen molar-refractivity contribution in [3.63, 3.8) is 0 Å². The molecule has 0 unspecified atom stereocenters.